The number of benzene rings is 2. The summed E-state index contributed by atoms with van der Waals surface area (Å²) in [6.45, 7) is 4.04. The number of hydrogen-bond donors (Lipinski definition) is 1. The van der Waals surface area contributed by atoms with E-state index in [1.54, 1.807) is 35.2 Å². The predicted molar refractivity (Wildman–Crippen MR) is 94.0 cm³/mol. The fourth-order valence-corrected chi connectivity index (χ4v) is 2.96. The van der Waals surface area contributed by atoms with Gasteiger partial charge in [-0.25, -0.2) is 0 Å². The molecule has 5 heteroatoms. The molecule has 2 aromatic carbocycles. The van der Waals surface area contributed by atoms with Gasteiger partial charge in [-0.1, -0.05) is 29.8 Å². The molecule has 1 heterocycles. The number of ketones is 1. The molecule has 1 amide bonds. The van der Waals surface area contributed by atoms with E-state index in [1.807, 2.05) is 13.0 Å². The number of hydrogen-bond acceptors (Lipinski definition) is 4. The first-order valence-corrected chi connectivity index (χ1v) is 8.34. The molecule has 5 nitrogen and oxygen atoms in total. The number of ether oxygens (including phenoxy) is 1. The Balaban J connectivity index is 1.84. The van der Waals surface area contributed by atoms with Crippen LogP contribution in [0.15, 0.2) is 42.5 Å². The van der Waals surface area contributed by atoms with E-state index >= 15 is 0 Å². The molecule has 1 fully saturated rings. The minimum absolute atomic E-state index is 0.0346. The Morgan fingerprint density at radius 3 is 2.56 bits per heavy atom. The van der Waals surface area contributed by atoms with Crippen molar-refractivity contribution in [3.8, 4) is 5.75 Å². The number of amides is 1. The van der Waals surface area contributed by atoms with Crippen LogP contribution in [0.5, 0.6) is 5.75 Å². The maximum absolute atomic E-state index is 12.8. The van der Waals surface area contributed by atoms with Crippen molar-refractivity contribution in [3.05, 3.63) is 64.7 Å². The Bertz CT molecular complexity index is 794. The van der Waals surface area contributed by atoms with Crippen LogP contribution in [0.3, 0.4) is 0 Å². The van der Waals surface area contributed by atoms with Gasteiger partial charge in [0.25, 0.3) is 5.91 Å². The van der Waals surface area contributed by atoms with Gasteiger partial charge in [-0.2, -0.15) is 0 Å². The van der Waals surface area contributed by atoms with Crippen LogP contribution in [-0.2, 0) is 11.2 Å². The molecule has 0 unspecified atom stereocenters. The van der Waals surface area contributed by atoms with Crippen molar-refractivity contribution in [3.63, 3.8) is 0 Å². The lowest BCUT2D eigenvalue weighted by Gasteiger charge is -2.27. The van der Waals surface area contributed by atoms with E-state index in [4.69, 9.17) is 4.74 Å². The van der Waals surface area contributed by atoms with Crippen LogP contribution >= 0.6 is 0 Å². The second-order valence-electron chi connectivity index (χ2n) is 6.18. The molecule has 1 aliphatic rings. The van der Waals surface area contributed by atoms with Crippen LogP contribution in [-0.4, -0.2) is 48.0 Å². The van der Waals surface area contributed by atoms with E-state index in [1.165, 1.54) is 6.07 Å². The van der Waals surface area contributed by atoms with Crippen molar-refractivity contribution in [2.75, 3.05) is 26.3 Å². The summed E-state index contributed by atoms with van der Waals surface area (Å²) in [5.74, 6) is -0.323. The first-order valence-electron chi connectivity index (χ1n) is 8.34. The second-order valence-corrected chi connectivity index (χ2v) is 6.18. The third-order valence-corrected chi connectivity index (χ3v) is 4.35. The highest BCUT2D eigenvalue weighted by Gasteiger charge is 2.22. The van der Waals surface area contributed by atoms with Gasteiger partial charge in [0.05, 0.1) is 18.8 Å². The largest absolute Gasteiger partial charge is 0.507 e. The van der Waals surface area contributed by atoms with Crippen molar-refractivity contribution >= 4 is 11.7 Å². The highest BCUT2D eigenvalue weighted by atomic mass is 16.5. The monoisotopic (exact) mass is 339 g/mol. The second kappa shape index (κ2) is 7.49. The number of carbonyl (C=O) groups excluding carboxylic acids is 2. The van der Waals surface area contributed by atoms with E-state index in [0.29, 0.717) is 37.4 Å². The standard InChI is InChI=1S/C20H21NO4/c1-14-6-7-18(22)17(12-14)19(23)13-15-4-2-3-5-16(15)20(24)21-8-10-25-11-9-21/h2-7,12,22H,8-11,13H2,1H3. The van der Waals surface area contributed by atoms with Gasteiger partial charge in [-0.15, -0.1) is 0 Å². The Hall–Kier alpha value is -2.66. The molecule has 3 rings (SSSR count). The van der Waals surface area contributed by atoms with Gasteiger partial charge in [-0.3, -0.25) is 9.59 Å². The zero-order valence-electron chi connectivity index (χ0n) is 14.2. The van der Waals surface area contributed by atoms with Gasteiger partial charge in [-0.05, 0) is 30.7 Å². The van der Waals surface area contributed by atoms with Crippen LogP contribution < -0.4 is 0 Å². The van der Waals surface area contributed by atoms with Gasteiger partial charge in [0.15, 0.2) is 5.78 Å². The SMILES string of the molecule is Cc1ccc(O)c(C(=O)Cc2ccccc2C(=O)N2CCOCC2)c1. The molecule has 0 atom stereocenters. The van der Waals surface area contributed by atoms with Crippen molar-refractivity contribution in [1.29, 1.82) is 0 Å². The molecular formula is C20H21NO4. The summed E-state index contributed by atoms with van der Waals surface area (Å²) < 4.78 is 5.29. The van der Waals surface area contributed by atoms with E-state index in [2.05, 4.69) is 0 Å². The Kier molecular flexibility index (Phi) is 5.14. The van der Waals surface area contributed by atoms with E-state index < -0.39 is 0 Å². The van der Waals surface area contributed by atoms with Gasteiger partial charge < -0.3 is 14.7 Å². The summed E-state index contributed by atoms with van der Waals surface area (Å²) in [5.41, 5.74) is 2.39. The summed E-state index contributed by atoms with van der Waals surface area (Å²) in [4.78, 5) is 27.1. The first kappa shape index (κ1) is 17.2. The Labute approximate surface area is 146 Å². The molecule has 0 radical (unpaired) electrons. The van der Waals surface area contributed by atoms with Crippen LogP contribution in [0.1, 0.15) is 31.8 Å². The topological polar surface area (TPSA) is 66.8 Å². The van der Waals surface area contributed by atoms with Crippen LogP contribution in [0, 0.1) is 6.92 Å². The van der Waals surface area contributed by atoms with Crippen molar-refractivity contribution in [1.82, 2.24) is 4.90 Å². The lowest BCUT2D eigenvalue weighted by atomic mass is 9.96. The highest BCUT2D eigenvalue weighted by molar-refractivity contribution is 6.02. The van der Waals surface area contributed by atoms with E-state index in [9.17, 15) is 14.7 Å². The molecule has 0 spiro atoms. The summed E-state index contributed by atoms with van der Waals surface area (Å²) in [7, 11) is 0. The summed E-state index contributed by atoms with van der Waals surface area (Å²) in [5, 5.41) is 9.96. The number of Topliss-reactive ketones (excluding diaryl/α,β-unsaturated/α-hetero) is 1. The molecule has 0 aromatic heterocycles. The third-order valence-electron chi connectivity index (χ3n) is 4.35. The lowest BCUT2D eigenvalue weighted by molar-refractivity contribution is 0.0302. The number of phenolic OH excluding ortho intramolecular Hbond substituents is 1. The summed E-state index contributed by atoms with van der Waals surface area (Å²) >= 11 is 0. The average Bonchev–Trinajstić information content (AvgIpc) is 2.64. The molecule has 1 N–H and O–H groups in total. The fourth-order valence-electron chi connectivity index (χ4n) is 2.96. The summed E-state index contributed by atoms with van der Waals surface area (Å²) in [6, 6.07) is 12.1. The van der Waals surface area contributed by atoms with Gasteiger partial charge >= 0.3 is 0 Å². The molecule has 2 aromatic rings. The van der Waals surface area contributed by atoms with E-state index in [0.717, 1.165) is 5.56 Å². The van der Waals surface area contributed by atoms with Crippen molar-refractivity contribution < 1.29 is 19.4 Å². The quantitative estimate of drug-likeness (QED) is 0.870. The number of carbonyl (C=O) groups is 2. The molecule has 0 saturated carbocycles. The molecule has 0 bridgehead atoms. The average molecular weight is 339 g/mol. The third kappa shape index (κ3) is 3.88. The normalized spacial score (nSPS) is 14.4. The first-order chi connectivity index (χ1) is 12.1. The number of rotatable bonds is 4. The minimum atomic E-state index is -0.205. The zero-order valence-corrected chi connectivity index (χ0v) is 14.2. The minimum Gasteiger partial charge on any atom is -0.507 e. The lowest BCUT2D eigenvalue weighted by Crippen LogP contribution is -2.41. The zero-order chi connectivity index (χ0) is 17.8. The molecule has 25 heavy (non-hydrogen) atoms. The van der Waals surface area contributed by atoms with Gasteiger partial charge in [0, 0.05) is 25.1 Å². The van der Waals surface area contributed by atoms with Gasteiger partial charge in [0.2, 0.25) is 0 Å². The number of phenols is 1. The fraction of sp³-hybridized carbons (Fsp3) is 0.300. The van der Waals surface area contributed by atoms with Crippen LogP contribution in [0.4, 0.5) is 0 Å². The Morgan fingerprint density at radius 2 is 1.80 bits per heavy atom. The van der Waals surface area contributed by atoms with Gasteiger partial charge in [0.1, 0.15) is 5.75 Å². The summed E-state index contributed by atoms with van der Waals surface area (Å²) in [6.07, 6.45) is 0.0727. The van der Waals surface area contributed by atoms with Crippen LogP contribution in [0.2, 0.25) is 0 Å². The molecular weight excluding hydrogens is 318 g/mol. The number of nitrogens with zero attached hydrogens (tertiary/aromatic N) is 1. The van der Waals surface area contributed by atoms with Crippen molar-refractivity contribution in [2.45, 2.75) is 13.3 Å². The van der Waals surface area contributed by atoms with E-state index in [-0.39, 0.29) is 29.4 Å². The molecule has 0 aliphatic carbocycles. The smallest absolute Gasteiger partial charge is 0.254 e. The maximum Gasteiger partial charge on any atom is 0.254 e. The van der Waals surface area contributed by atoms with Crippen molar-refractivity contribution in [2.24, 2.45) is 0 Å². The maximum atomic E-state index is 12.8. The van der Waals surface area contributed by atoms with Crippen LogP contribution in [0.25, 0.3) is 0 Å². The molecule has 1 saturated heterocycles. The Morgan fingerprint density at radius 1 is 1.08 bits per heavy atom. The predicted octanol–water partition coefficient (Wildman–Crippen LogP) is 2.60. The number of morpholine rings is 1. The number of aromatic hydroxyl groups is 1. The number of aryl methyl sites for hydroxylation is 1. The molecule has 130 valence electrons. The molecule has 1 aliphatic heterocycles. The highest BCUT2D eigenvalue weighted by Crippen LogP contribution is 2.22.